The zero-order chi connectivity index (χ0) is 14.5. The van der Waals surface area contributed by atoms with Crippen LogP contribution in [0, 0.1) is 3.57 Å². The molecule has 0 fully saturated rings. The number of hydrogen-bond donors (Lipinski definition) is 0. The Bertz CT molecular complexity index is 633. The van der Waals surface area contributed by atoms with Crippen LogP contribution in [-0.2, 0) is 0 Å². The van der Waals surface area contributed by atoms with Crippen molar-refractivity contribution in [2.45, 2.75) is 4.90 Å². The second-order valence-electron chi connectivity index (χ2n) is 3.84. The number of halogens is 3. The van der Waals surface area contributed by atoms with Crippen LogP contribution in [0.3, 0.4) is 0 Å². The molecule has 0 N–H and O–H groups in total. The minimum absolute atomic E-state index is 0.0444. The van der Waals surface area contributed by atoms with E-state index in [4.69, 9.17) is 23.2 Å². The normalized spacial score (nSPS) is 10.9. The molecule has 2 rings (SSSR count). The Morgan fingerprint density at radius 2 is 1.65 bits per heavy atom. The summed E-state index contributed by atoms with van der Waals surface area (Å²) in [6.45, 7) is 0. The first-order valence-electron chi connectivity index (χ1n) is 5.65. The third-order valence-corrected chi connectivity index (χ3v) is 4.97. The monoisotopic (exact) mass is 434 g/mol. The van der Waals surface area contributed by atoms with Crippen molar-refractivity contribution < 1.29 is 4.79 Å². The fourth-order valence-electron chi connectivity index (χ4n) is 1.47. The van der Waals surface area contributed by atoms with Gasteiger partial charge in [-0.3, -0.25) is 4.79 Å². The average molecular weight is 435 g/mol. The van der Waals surface area contributed by atoms with Gasteiger partial charge in [0.15, 0.2) is 5.78 Å². The van der Waals surface area contributed by atoms with Crippen LogP contribution in [0.4, 0.5) is 0 Å². The molecule has 0 spiro atoms. The van der Waals surface area contributed by atoms with Crippen LogP contribution in [0.15, 0.2) is 58.8 Å². The summed E-state index contributed by atoms with van der Waals surface area (Å²) in [5, 5.41) is 2.86. The quantitative estimate of drug-likeness (QED) is 0.251. The standard InChI is InChI=1S/C15H9Cl2IOS/c16-12-2-1-3-13(17)15(12)20-9-8-14(19)10-4-6-11(18)7-5-10/h1-9H/b9-8+. The molecular weight excluding hydrogens is 426 g/mol. The number of allylic oxidation sites excluding steroid dienone is 1. The van der Waals surface area contributed by atoms with Crippen LogP contribution >= 0.6 is 57.6 Å². The summed E-state index contributed by atoms with van der Waals surface area (Å²) in [4.78, 5) is 12.7. The molecule has 0 amide bonds. The van der Waals surface area contributed by atoms with Crippen molar-refractivity contribution in [2.24, 2.45) is 0 Å². The van der Waals surface area contributed by atoms with E-state index in [1.165, 1.54) is 17.8 Å². The molecule has 0 aliphatic heterocycles. The summed E-state index contributed by atoms with van der Waals surface area (Å²) in [5.41, 5.74) is 0.660. The molecule has 0 atom stereocenters. The molecule has 1 nitrogen and oxygen atoms in total. The molecule has 0 aliphatic rings. The number of rotatable bonds is 4. The van der Waals surface area contributed by atoms with Crippen molar-refractivity contribution >= 4 is 63.3 Å². The molecule has 102 valence electrons. The summed E-state index contributed by atoms with van der Waals surface area (Å²) in [7, 11) is 0. The molecule has 0 aromatic heterocycles. The van der Waals surface area contributed by atoms with Gasteiger partial charge in [-0.05, 0) is 58.3 Å². The predicted molar refractivity (Wildman–Crippen MR) is 94.9 cm³/mol. The number of thioether (sulfide) groups is 1. The van der Waals surface area contributed by atoms with Crippen LogP contribution in [0.5, 0.6) is 0 Å². The number of carbonyl (C=O) groups is 1. The molecule has 20 heavy (non-hydrogen) atoms. The molecule has 0 saturated heterocycles. The highest BCUT2D eigenvalue weighted by atomic mass is 127. The van der Waals surface area contributed by atoms with Crippen LogP contribution in [0.1, 0.15) is 10.4 Å². The minimum atomic E-state index is -0.0444. The van der Waals surface area contributed by atoms with E-state index in [0.29, 0.717) is 15.6 Å². The highest BCUT2D eigenvalue weighted by Gasteiger charge is 2.05. The predicted octanol–water partition coefficient (Wildman–Crippen LogP) is 6.09. The molecule has 0 radical (unpaired) electrons. The van der Waals surface area contributed by atoms with Crippen LogP contribution in [-0.4, -0.2) is 5.78 Å². The number of hydrogen-bond acceptors (Lipinski definition) is 2. The van der Waals surface area contributed by atoms with Crippen LogP contribution < -0.4 is 0 Å². The largest absolute Gasteiger partial charge is 0.289 e. The highest BCUT2D eigenvalue weighted by Crippen LogP contribution is 2.34. The van der Waals surface area contributed by atoms with Crippen molar-refractivity contribution in [2.75, 3.05) is 0 Å². The topological polar surface area (TPSA) is 17.1 Å². The second kappa shape index (κ2) is 7.50. The van der Waals surface area contributed by atoms with Crippen LogP contribution in [0.2, 0.25) is 10.0 Å². The average Bonchev–Trinajstić information content (AvgIpc) is 2.42. The first-order chi connectivity index (χ1) is 9.58. The first-order valence-corrected chi connectivity index (χ1v) is 8.36. The third kappa shape index (κ3) is 4.25. The van der Waals surface area contributed by atoms with Gasteiger partial charge in [-0.25, -0.2) is 0 Å². The van der Waals surface area contributed by atoms with Gasteiger partial charge in [0.2, 0.25) is 0 Å². The van der Waals surface area contributed by atoms with Gasteiger partial charge in [0.1, 0.15) is 0 Å². The molecule has 0 saturated carbocycles. The lowest BCUT2D eigenvalue weighted by Gasteiger charge is -2.02. The summed E-state index contributed by atoms with van der Waals surface area (Å²) in [6.07, 6.45) is 1.52. The molecule has 0 heterocycles. The van der Waals surface area contributed by atoms with E-state index >= 15 is 0 Å². The SMILES string of the molecule is O=C(/C=C/Sc1c(Cl)cccc1Cl)c1ccc(I)cc1. The number of ketones is 1. The minimum Gasteiger partial charge on any atom is -0.289 e. The van der Waals surface area contributed by atoms with Gasteiger partial charge < -0.3 is 0 Å². The van der Waals surface area contributed by atoms with Crippen molar-refractivity contribution in [1.82, 2.24) is 0 Å². The Morgan fingerprint density at radius 3 is 2.25 bits per heavy atom. The smallest absolute Gasteiger partial charge is 0.186 e. The van der Waals surface area contributed by atoms with Gasteiger partial charge in [0.25, 0.3) is 0 Å². The third-order valence-electron chi connectivity index (χ3n) is 2.45. The van der Waals surface area contributed by atoms with Crippen molar-refractivity contribution in [3.63, 3.8) is 0 Å². The molecule has 2 aromatic carbocycles. The van der Waals surface area contributed by atoms with Crippen molar-refractivity contribution in [1.29, 1.82) is 0 Å². The fourth-order valence-corrected chi connectivity index (χ4v) is 3.18. The maximum atomic E-state index is 11.9. The summed E-state index contributed by atoms with van der Waals surface area (Å²) >= 11 is 15.6. The van der Waals surface area contributed by atoms with Gasteiger partial charge in [-0.2, -0.15) is 0 Å². The van der Waals surface area contributed by atoms with E-state index in [1.807, 2.05) is 24.3 Å². The Labute approximate surface area is 145 Å². The van der Waals surface area contributed by atoms with Crippen LogP contribution in [0.25, 0.3) is 0 Å². The maximum absolute atomic E-state index is 11.9. The van der Waals surface area contributed by atoms with E-state index in [2.05, 4.69) is 22.6 Å². The van der Waals surface area contributed by atoms with Gasteiger partial charge in [-0.15, -0.1) is 0 Å². The van der Waals surface area contributed by atoms with E-state index in [1.54, 1.807) is 23.6 Å². The van der Waals surface area contributed by atoms with Gasteiger partial charge in [0, 0.05) is 14.0 Å². The van der Waals surface area contributed by atoms with E-state index in [0.717, 1.165) is 8.47 Å². The highest BCUT2D eigenvalue weighted by molar-refractivity contribution is 14.1. The first kappa shape index (κ1) is 15.9. The lowest BCUT2D eigenvalue weighted by molar-refractivity contribution is 0.104. The molecular formula is C15H9Cl2IOS. The summed E-state index contributed by atoms with van der Waals surface area (Å²) < 4.78 is 1.10. The van der Waals surface area contributed by atoms with Gasteiger partial charge in [0.05, 0.1) is 10.0 Å². The van der Waals surface area contributed by atoms with E-state index < -0.39 is 0 Å². The van der Waals surface area contributed by atoms with Crippen molar-refractivity contribution in [3.05, 3.63) is 73.1 Å². The Kier molecular flexibility index (Phi) is 5.96. The van der Waals surface area contributed by atoms with E-state index in [-0.39, 0.29) is 5.78 Å². The number of benzene rings is 2. The van der Waals surface area contributed by atoms with E-state index in [9.17, 15) is 4.79 Å². The molecule has 0 bridgehead atoms. The fraction of sp³-hybridized carbons (Fsp3) is 0. The van der Waals surface area contributed by atoms with Crippen molar-refractivity contribution in [3.8, 4) is 0 Å². The lowest BCUT2D eigenvalue weighted by atomic mass is 10.1. The Morgan fingerprint density at radius 1 is 1.05 bits per heavy atom. The number of carbonyl (C=O) groups excluding carboxylic acids is 1. The Balaban J connectivity index is 2.07. The molecule has 0 aliphatic carbocycles. The maximum Gasteiger partial charge on any atom is 0.186 e. The second-order valence-corrected chi connectivity index (χ2v) is 6.82. The lowest BCUT2D eigenvalue weighted by Crippen LogP contribution is -1.93. The summed E-state index contributed by atoms with van der Waals surface area (Å²) in [6, 6.07) is 12.7. The zero-order valence-electron chi connectivity index (χ0n) is 10.1. The van der Waals surface area contributed by atoms with Gasteiger partial charge >= 0.3 is 0 Å². The van der Waals surface area contributed by atoms with Gasteiger partial charge in [-0.1, -0.05) is 53.2 Å². The molecule has 0 unspecified atom stereocenters. The Hall–Kier alpha value is -0.490. The summed E-state index contributed by atoms with van der Waals surface area (Å²) in [5.74, 6) is -0.0444. The molecule has 2 aromatic rings. The molecule has 5 heteroatoms. The zero-order valence-corrected chi connectivity index (χ0v) is 14.6.